The predicted molar refractivity (Wildman–Crippen MR) is 109 cm³/mol. The Balaban J connectivity index is 1.67. The zero-order chi connectivity index (χ0) is 20.3. The van der Waals surface area contributed by atoms with Crippen molar-refractivity contribution in [1.82, 2.24) is 9.21 Å². The summed E-state index contributed by atoms with van der Waals surface area (Å²) in [5.41, 5.74) is 1.04. The predicted octanol–water partition coefficient (Wildman–Crippen LogP) is 2.08. The zero-order valence-electron chi connectivity index (χ0n) is 15.3. The number of sulfonamides is 1. The van der Waals surface area contributed by atoms with Crippen LogP contribution in [0, 0.1) is 0 Å². The normalized spacial score (nSPS) is 15.3. The highest BCUT2D eigenvalue weighted by Gasteiger charge is 2.30. The average molecular weight is 420 g/mol. The number of carbonyl (C=O) groups is 2. The van der Waals surface area contributed by atoms with Crippen LogP contribution in [0.5, 0.6) is 0 Å². The molecule has 1 aliphatic heterocycles. The van der Waals surface area contributed by atoms with E-state index >= 15 is 0 Å². The second-order valence-corrected chi connectivity index (χ2v) is 8.84. The van der Waals surface area contributed by atoms with Crippen LogP contribution in [0.15, 0.2) is 58.3 Å². The average Bonchev–Trinajstić information content (AvgIpc) is 2.68. The number of thiol groups is 1. The first kappa shape index (κ1) is 20.4. The molecular formula is C19H21N3O4S2. The molecule has 1 heterocycles. The number of rotatable bonds is 4. The molecule has 2 aromatic rings. The molecule has 28 heavy (non-hydrogen) atoms. The van der Waals surface area contributed by atoms with Crippen molar-refractivity contribution in [2.75, 3.05) is 31.5 Å². The molecule has 3 rings (SSSR count). The molecule has 1 N–H and O–H groups in total. The maximum Gasteiger partial charge on any atom is 0.255 e. The quantitative estimate of drug-likeness (QED) is 0.743. The Bertz CT molecular complexity index is 982. The van der Waals surface area contributed by atoms with Crippen LogP contribution < -0.4 is 5.32 Å². The molecule has 0 unspecified atom stereocenters. The maximum absolute atomic E-state index is 12.8. The third kappa shape index (κ3) is 4.37. The molecule has 1 aliphatic rings. The number of anilines is 1. The van der Waals surface area contributed by atoms with Gasteiger partial charge in [-0.3, -0.25) is 9.59 Å². The maximum atomic E-state index is 12.8. The number of hydrogen-bond acceptors (Lipinski definition) is 5. The number of carbonyl (C=O) groups excluding carboxylic acids is 2. The van der Waals surface area contributed by atoms with E-state index in [9.17, 15) is 18.0 Å². The van der Waals surface area contributed by atoms with Crippen molar-refractivity contribution in [2.24, 2.45) is 0 Å². The van der Waals surface area contributed by atoms with Crippen molar-refractivity contribution in [3.05, 3.63) is 54.1 Å². The fraction of sp³-hybridized carbons (Fsp3) is 0.263. The molecular weight excluding hydrogens is 398 g/mol. The molecule has 0 radical (unpaired) electrons. The van der Waals surface area contributed by atoms with E-state index in [1.54, 1.807) is 41.3 Å². The highest BCUT2D eigenvalue weighted by molar-refractivity contribution is 7.89. The van der Waals surface area contributed by atoms with Gasteiger partial charge in [-0.2, -0.15) is 4.31 Å². The molecule has 0 aliphatic carbocycles. The van der Waals surface area contributed by atoms with Gasteiger partial charge in [-0.25, -0.2) is 8.42 Å². The van der Waals surface area contributed by atoms with Gasteiger partial charge in [0.05, 0.1) is 10.5 Å². The molecule has 9 heteroatoms. The van der Waals surface area contributed by atoms with Gasteiger partial charge in [0.25, 0.3) is 5.91 Å². The van der Waals surface area contributed by atoms with Crippen LogP contribution in [0.1, 0.15) is 17.3 Å². The van der Waals surface area contributed by atoms with E-state index in [0.29, 0.717) is 29.2 Å². The summed E-state index contributed by atoms with van der Waals surface area (Å²) in [6, 6.07) is 13.1. The van der Waals surface area contributed by atoms with Gasteiger partial charge in [0, 0.05) is 43.7 Å². The highest BCUT2D eigenvalue weighted by atomic mass is 32.2. The Kier molecular flexibility index (Phi) is 6.07. The van der Waals surface area contributed by atoms with E-state index in [1.165, 1.54) is 23.4 Å². The van der Waals surface area contributed by atoms with E-state index < -0.39 is 10.0 Å². The van der Waals surface area contributed by atoms with E-state index in [1.807, 2.05) is 0 Å². The number of piperazine rings is 1. The molecule has 0 atom stereocenters. The summed E-state index contributed by atoms with van der Waals surface area (Å²) in [7, 11) is -3.66. The summed E-state index contributed by atoms with van der Waals surface area (Å²) in [5.74, 6) is -0.374. The molecule has 1 fully saturated rings. The second-order valence-electron chi connectivity index (χ2n) is 6.42. The summed E-state index contributed by atoms with van der Waals surface area (Å²) < 4.78 is 27.1. The third-order valence-corrected chi connectivity index (χ3v) is 6.78. The number of nitrogens with one attached hydrogen (secondary N) is 1. The lowest BCUT2D eigenvalue weighted by Crippen LogP contribution is -2.50. The van der Waals surface area contributed by atoms with Crippen molar-refractivity contribution >= 4 is 40.2 Å². The molecule has 1 saturated heterocycles. The van der Waals surface area contributed by atoms with Crippen molar-refractivity contribution in [3.8, 4) is 0 Å². The van der Waals surface area contributed by atoms with Crippen molar-refractivity contribution < 1.29 is 18.0 Å². The van der Waals surface area contributed by atoms with Gasteiger partial charge in [-0.05, 0) is 36.4 Å². The summed E-state index contributed by atoms with van der Waals surface area (Å²) >= 11 is 4.32. The van der Waals surface area contributed by atoms with E-state index in [2.05, 4.69) is 17.9 Å². The summed E-state index contributed by atoms with van der Waals surface area (Å²) in [6.45, 7) is 2.44. The standard InChI is InChI=1S/C19H21N3O4S2/c1-14(23)20-15-6-8-16(9-7-15)28(25,26)22-12-10-21(11-13-22)19(24)17-4-2-3-5-18(17)27/h2-9,27H,10-13H2,1H3,(H,20,23). The van der Waals surface area contributed by atoms with Crippen molar-refractivity contribution in [2.45, 2.75) is 16.7 Å². The summed E-state index contributed by atoms with van der Waals surface area (Å²) in [6.07, 6.45) is 0. The van der Waals surface area contributed by atoms with E-state index in [4.69, 9.17) is 0 Å². The van der Waals surface area contributed by atoms with Crippen LogP contribution in [0.4, 0.5) is 5.69 Å². The summed E-state index contributed by atoms with van der Waals surface area (Å²) in [4.78, 5) is 26.1. The van der Waals surface area contributed by atoms with Crippen LogP contribution >= 0.6 is 12.6 Å². The molecule has 148 valence electrons. The molecule has 7 nitrogen and oxygen atoms in total. The molecule has 0 bridgehead atoms. The smallest absolute Gasteiger partial charge is 0.255 e. The van der Waals surface area contributed by atoms with Gasteiger partial charge in [-0.1, -0.05) is 12.1 Å². The Labute approximate surface area is 169 Å². The van der Waals surface area contributed by atoms with Gasteiger partial charge >= 0.3 is 0 Å². The summed E-state index contributed by atoms with van der Waals surface area (Å²) in [5, 5.41) is 2.60. The highest BCUT2D eigenvalue weighted by Crippen LogP contribution is 2.21. The van der Waals surface area contributed by atoms with Gasteiger partial charge < -0.3 is 10.2 Å². The largest absolute Gasteiger partial charge is 0.336 e. The molecule has 2 aromatic carbocycles. The Morgan fingerprint density at radius 2 is 1.57 bits per heavy atom. The lowest BCUT2D eigenvalue weighted by Gasteiger charge is -2.34. The first-order chi connectivity index (χ1) is 13.3. The van der Waals surface area contributed by atoms with Crippen LogP contribution in [-0.2, 0) is 14.8 Å². The lowest BCUT2D eigenvalue weighted by atomic mass is 10.2. The fourth-order valence-corrected chi connectivity index (χ4v) is 4.70. The van der Waals surface area contributed by atoms with Gasteiger partial charge in [-0.15, -0.1) is 12.6 Å². The molecule has 0 spiro atoms. The molecule has 2 amide bonds. The van der Waals surface area contributed by atoms with Crippen molar-refractivity contribution in [3.63, 3.8) is 0 Å². The second kappa shape index (κ2) is 8.34. The number of amides is 2. The minimum absolute atomic E-state index is 0.151. The minimum atomic E-state index is -3.66. The SMILES string of the molecule is CC(=O)Nc1ccc(S(=O)(=O)N2CCN(C(=O)c3ccccc3S)CC2)cc1. The fourth-order valence-electron chi connectivity index (χ4n) is 3.02. The van der Waals surface area contributed by atoms with E-state index in [0.717, 1.165) is 0 Å². The number of hydrogen-bond donors (Lipinski definition) is 2. The Morgan fingerprint density at radius 1 is 0.964 bits per heavy atom. The minimum Gasteiger partial charge on any atom is -0.336 e. The first-order valence-electron chi connectivity index (χ1n) is 8.74. The van der Waals surface area contributed by atoms with Crippen molar-refractivity contribution in [1.29, 1.82) is 0 Å². The number of nitrogens with zero attached hydrogens (tertiary/aromatic N) is 2. The van der Waals surface area contributed by atoms with Crippen LogP contribution in [0.25, 0.3) is 0 Å². The van der Waals surface area contributed by atoms with Crippen LogP contribution in [0.3, 0.4) is 0 Å². The van der Waals surface area contributed by atoms with Crippen LogP contribution in [0.2, 0.25) is 0 Å². The third-order valence-electron chi connectivity index (χ3n) is 4.47. The topological polar surface area (TPSA) is 86.8 Å². The number of benzene rings is 2. The Morgan fingerprint density at radius 3 is 2.14 bits per heavy atom. The van der Waals surface area contributed by atoms with E-state index in [-0.39, 0.29) is 29.8 Å². The van der Waals surface area contributed by atoms with Gasteiger partial charge in [0.2, 0.25) is 15.9 Å². The Hall–Kier alpha value is -2.36. The van der Waals surface area contributed by atoms with Gasteiger partial charge in [0.1, 0.15) is 0 Å². The van der Waals surface area contributed by atoms with Crippen LogP contribution in [-0.4, -0.2) is 55.6 Å². The molecule has 0 saturated carbocycles. The van der Waals surface area contributed by atoms with Gasteiger partial charge in [0.15, 0.2) is 0 Å². The molecule has 0 aromatic heterocycles. The monoisotopic (exact) mass is 419 g/mol. The zero-order valence-corrected chi connectivity index (χ0v) is 17.0. The first-order valence-corrected chi connectivity index (χ1v) is 10.6. The lowest BCUT2D eigenvalue weighted by molar-refractivity contribution is -0.114.